The predicted octanol–water partition coefficient (Wildman–Crippen LogP) is 3.95. The number of hydrogen-bond acceptors (Lipinski definition) is 3. The van der Waals surface area contributed by atoms with Gasteiger partial charge in [0.15, 0.2) is 0 Å². The van der Waals surface area contributed by atoms with Crippen molar-refractivity contribution in [2.45, 2.75) is 4.90 Å². The number of halogens is 3. The van der Waals surface area contributed by atoms with E-state index in [1.165, 1.54) is 24.4 Å². The maximum absolute atomic E-state index is 12.2. The highest BCUT2D eigenvalue weighted by Gasteiger charge is 2.19. The second kappa shape index (κ2) is 5.66. The van der Waals surface area contributed by atoms with Gasteiger partial charge in [-0.2, -0.15) is 0 Å². The topological polar surface area (TPSA) is 59.1 Å². The Kier molecular flexibility index (Phi) is 4.35. The van der Waals surface area contributed by atoms with Crippen LogP contribution in [0.5, 0.6) is 0 Å². The number of sulfonamides is 1. The third kappa shape index (κ3) is 3.39. The van der Waals surface area contributed by atoms with E-state index >= 15 is 0 Å². The summed E-state index contributed by atoms with van der Waals surface area (Å²) in [6.07, 6.45) is 1.41. The van der Waals surface area contributed by atoms with Gasteiger partial charge in [-0.3, -0.25) is 4.72 Å². The minimum Gasteiger partial charge on any atom is -0.278 e. The molecule has 8 heteroatoms. The molecule has 0 atom stereocenters. The average molecular weight is 382 g/mol. The Hall–Kier alpha value is -0.820. The van der Waals surface area contributed by atoms with Gasteiger partial charge in [-0.05, 0) is 46.3 Å². The predicted molar refractivity (Wildman–Crippen MR) is 79.2 cm³/mol. The molecule has 0 aliphatic rings. The van der Waals surface area contributed by atoms with Crippen LogP contribution in [-0.4, -0.2) is 13.4 Å². The van der Waals surface area contributed by atoms with Crippen LogP contribution in [0.2, 0.25) is 10.2 Å². The molecule has 1 N–H and O–H groups in total. The lowest BCUT2D eigenvalue weighted by Crippen LogP contribution is -2.14. The fourth-order valence-corrected chi connectivity index (χ4v) is 3.52. The molecule has 0 saturated heterocycles. The molecule has 0 aliphatic heterocycles. The number of benzene rings is 1. The Morgan fingerprint density at radius 1 is 1.21 bits per heavy atom. The summed E-state index contributed by atoms with van der Waals surface area (Å²) in [5.74, 6) is 0. The van der Waals surface area contributed by atoms with E-state index in [-0.39, 0.29) is 10.0 Å². The van der Waals surface area contributed by atoms with Crippen LogP contribution in [0.4, 0.5) is 5.69 Å². The van der Waals surface area contributed by atoms with E-state index in [0.29, 0.717) is 15.2 Å². The zero-order valence-corrected chi connectivity index (χ0v) is 13.2. The number of hydrogen-bond donors (Lipinski definition) is 1. The summed E-state index contributed by atoms with van der Waals surface area (Å²) in [6, 6.07) is 7.64. The Balaban J connectivity index is 2.43. The first-order chi connectivity index (χ1) is 8.90. The zero-order valence-electron chi connectivity index (χ0n) is 9.27. The molecule has 0 spiro atoms. The number of rotatable bonds is 3. The number of nitrogens with zero attached hydrogens (tertiary/aromatic N) is 1. The number of anilines is 1. The summed E-state index contributed by atoms with van der Waals surface area (Å²) < 4.78 is 27.3. The van der Waals surface area contributed by atoms with E-state index in [1.807, 2.05) is 0 Å². The van der Waals surface area contributed by atoms with Crippen molar-refractivity contribution in [2.75, 3.05) is 4.72 Å². The Bertz CT molecular complexity index is 722. The Labute approximate surface area is 128 Å². The highest BCUT2D eigenvalue weighted by Crippen LogP contribution is 2.29. The first-order valence-electron chi connectivity index (χ1n) is 4.98. The van der Waals surface area contributed by atoms with Crippen LogP contribution in [-0.2, 0) is 10.0 Å². The minimum absolute atomic E-state index is 0.0897. The third-order valence-corrected chi connectivity index (χ3v) is 4.92. The van der Waals surface area contributed by atoms with Crippen molar-refractivity contribution in [1.82, 2.24) is 4.98 Å². The molecule has 1 heterocycles. The van der Waals surface area contributed by atoms with Crippen LogP contribution in [0.15, 0.2) is 45.9 Å². The summed E-state index contributed by atoms with van der Waals surface area (Å²) in [7, 11) is -3.82. The van der Waals surface area contributed by atoms with E-state index in [1.54, 1.807) is 12.1 Å². The molecule has 2 aromatic rings. The number of pyridine rings is 1. The highest BCUT2D eigenvalue weighted by molar-refractivity contribution is 9.10. The van der Waals surface area contributed by atoms with Gasteiger partial charge >= 0.3 is 0 Å². The van der Waals surface area contributed by atoms with E-state index in [4.69, 9.17) is 23.2 Å². The zero-order chi connectivity index (χ0) is 14.0. The number of aromatic nitrogens is 1. The molecule has 19 heavy (non-hydrogen) atoms. The van der Waals surface area contributed by atoms with E-state index < -0.39 is 10.0 Å². The average Bonchev–Trinajstić information content (AvgIpc) is 2.34. The van der Waals surface area contributed by atoms with Gasteiger partial charge in [0.2, 0.25) is 0 Å². The maximum Gasteiger partial charge on any atom is 0.265 e. The van der Waals surface area contributed by atoms with Crippen molar-refractivity contribution in [3.8, 4) is 0 Å². The lowest BCUT2D eigenvalue weighted by molar-refractivity contribution is 0.601. The van der Waals surface area contributed by atoms with Gasteiger partial charge in [0.1, 0.15) is 10.0 Å². The van der Waals surface area contributed by atoms with E-state index in [2.05, 4.69) is 25.6 Å². The normalized spacial score (nSPS) is 11.3. The SMILES string of the molecule is O=S(=O)(Nc1cc(Cl)ccc1Br)c1cccnc1Cl. The van der Waals surface area contributed by atoms with Crippen molar-refractivity contribution in [3.63, 3.8) is 0 Å². The van der Waals surface area contributed by atoms with Crippen molar-refractivity contribution in [2.24, 2.45) is 0 Å². The molecule has 2 rings (SSSR count). The summed E-state index contributed by atoms with van der Waals surface area (Å²) in [4.78, 5) is 3.64. The molecule has 0 bridgehead atoms. The molecule has 0 amide bonds. The van der Waals surface area contributed by atoms with Gasteiger partial charge in [-0.15, -0.1) is 0 Å². The van der Waals surface area contributed by atoms with Crippen molar-refractivity contribution in [3.05, 3.63) is 51.2 Å². The molecule has 100 valence electrons. The summed E-state index contributed by atoms with van der Waals surface area (Å²) >= 11 is 14.8. The van der Waals surface area contributed by atoms with Crippen LogP contribution in [0.1, 0.15) is 0 Å². The second-order valence-corrected chi connectivity index (χ2v) is 6.82. The van der Waals surface area contributed by atoms with Crippen LogP contribution in [0.3, 0.4) is 0 Å². The number of nitrogens with one attached hydrogen (secondary N) is 1. The molecule has 0 unspecified atom stereocenters. The van der Waals surface area contributed by atoms with E-state index in [0.717, 1.165) is 0 Å². The molecular weight excluding hydrogens is 375 g/mol. The molecule has 0 saturated carbocycles. The molecule has 0 aliphatic carbocycles. The smallest absolute Gasteiger partial charge is 0.265 e. The minimum atomic E-state index is -3.82. The monoisotopic (exact) mass is 380 g/mol. The summed E-state index contributed by atoms with van der Waals surface area (Å²) in [5, 5.41) is 0.325. The molecule has 1 aromatic carbocycles. The fourth-order valence-electron chi connectivity index (χ4n) is 1.35. The van der Waals surface area contributed by atoms with Crippen LogP contribution >= 0.6 is 39.1 Å². The lowest BCUT2D eigenvalue weighted by atomic mass is 10.3. The summed E-state index contributed by atoms with van der Waals surface area (Å²) in [6.45, 7) is 0. The van der Waals surface area contributed by atoms with Crippen LogP contribution in [0.25, 0.3) is 0 Å². The maximum atomic E-state index is 12.2. The van der Waals surface area contributed by atoms with Crippen molar-refractivity contribution < 1.29 is 8.42 Å². The summed E-state index contributed by atoms with van der Waals surface area (Å²) in [5.41, 5.74) is 0.326. The van der Waals surface area contributed by atoms with Gasteiger partial charge in [0, 0.05) is 15.7 Å². The third-order valence-electron chi connectivity index (χ3n) is 2.19. The quantitative estimate of drug-likeness (QED) is 0.818. The Morgan fingerprint density at radius 3 is 2.63 bits per heavy atom. The van der Waals surface area contributed by atoms with Gasteiger partial charge in [-0.1, -0.05) is 23.2 Å². The molecular formula is C11H7BrCl2N2O2S. The van der Waals surface area contributed by atoms with Crippen molar-refractivity contribution >= 4 is 54.8 Å². The van der Waals surface area contributed by atoms with Gasteiger partial charge in [0.25, 0.3) is 10.0 Å². The largest absolute Gasteiger partial charge is 0.278 e. The molecule has 0 radical (unpaired) electrons. The van der Waals surface area contributed by atoms with Gasteiger partial charge in [-0.25, -0.2) is 13.4 Å². The van der Waals surface area contributed by atoms with Crippen LogP contribution in [0, 0.1) is 0 Å². The first-order valence-corrected chi connectivity index (χ1v) is 8.02. The first kappa shape index (κ1) is 14.6. The molecule has 4 nitrogen and oxygen atoms in total. The standard InChI is InChI=1S/C11H7BrCl2N2O2S/c12-8-4-3-7(13)6-9(8)16-19(17,18)10-2-1-5-15-11(10)14/h1-6,16H. The highest BCUT2D eigenvalue weighted by atomic mass is 79.9. The molecule has 0 fully saturated rings. The Morgan fingerprint density at radius 2 is 1.95 bits per heavy atom. The fraction of sp³-hybridized carbons (Fsp3) is 0. The lowest BCUT2D eigenvalue weighted by Gasteiger charge is -2.10. The van der Waals surface area contributed by atoms with Gasteiger partial charge in [0.05, 0.1) is 5.69 Å². The van der Waals surface area contributed by atoms with Crippen molar-refractivity contribution in [1.29, 1.82) is 0 Å². The second-order valence-electron chi connectivity index (χ2n) is 3.52. The molecule has 1 aromatic heterocycles. The van der Waals surface area contributed by atoms with Gasteiger partial charge < -0.3 is 0 Å². The van der Waals surface area contributed by atoms with Crippen LogP contribution < -0.4 is 4.72 Å². The van der Waals surface area contributed by atoms with E-state index in [9.17, 15) is 8.42 Å².